The van der Waals surface area contributed by atoms with Gasteiger partial charge in [-0.2, -0.15) is 0 Å². The van der Waals surface area contributed by atoms with Gasteiger partial charge in [-0.05, 0) is 72.9 Å². The number of unbranched alkanes of at least 4 members (excludes halogenated alkanes) is 1. The monoisotopic (exact) mass is 508 g/mol. The number of hydrogen-bond donors (Lipinski definition) is 0. The molecule has 1 aliphatic heterocycles. The highest BCUT2D eigenvalue weighted by Crippen LogP contribution is 2.23. The molecule has 190 valence electrons. The lowest BCUT2D eigenvalue weighted by Crippen LogP contribution is -2.49. The Hall–Kier alpha value is -3.19. The summed E-state index contributed by atoms with van der Waals surface area (Å²) in [5.74, 6) is -0.542. The minimum absolute atomic E-state index is 0.103. The average Bonchev–Trinajstić information content (AvgIpc) is 2.88. The Kier molecular flexibility index (Phi) is 8.09. The fourth-order valence-electron chi connectivity index (χ4n) is 4.50. The number of amides is 1. The van der Waals surface area contributed by atoms with Crippen molar-refractivity contribution >= 4 is 21.4 Å². The zero-order valence-electron chi connectivity index (χ0n) is 20.9. The lowest BCUT2D eigenvalue weighted by molar-refractivity contribution is 0.0746. The van der Waals surface area contributed by atoms with Crippen molar-refractivity contribution in [2.75, 3.05) is 31.1 Å². The SMILES string of the molecule is CCCCc1ccc(CS(=O)(=O)c2ccc(C)c(C(=O)N3CCN(c4ccc(F)cc4)CC3)c2)cc1. The highest BCUT2D eigenvalue weighted by Gasteiger charge is 2.25. The highest BCUT2D eigenvalue weighted by molar-refractivity contribution is 7.90. The first-order valence-electron chi connectivity index (χ1n) is 12.5. The maximum Gasteiger partial charge on any atom is 0.254 e. The summed E-state index contributed by atoms with van der Waals surface area (Å²) in [5, 5.41) is 0. The number of rotatable bonds is 8. The topological polar surface area (TPSA) is 57.7 Å². The Balaban J connectivity index is 1.44. The molecule has 4 rings (SSSR count). The van der Waals surface area contributed by atoms with Gasteiger partial charge in [0.25, 0.3) is 5.91 Å². The summed E-state index contributed by atoms with van der Waals surface area (Å²) < 4.78 is 39.6. The largest absolute Gasteiger partial charge is 0.368 e. The molecule has 1 amide bonds. The number of carbonyl (C=O) groups is 1. The predicted octanol–water partition coefficient (Wildman–Crippen LogP) is 5.41. The molecule has 0 aliphatic carbocycles. The third-order valence-electron chi connectivity index (χ3n) is 6.76. The van der Waals surface area contributed by atoms with Crippen LogP contribution in [0.15, 0.2) is 71.6 Å². The Morgan fingerprint density at radius 2 is 1.53 bits per heavy atom. The molecule has 1 fully saturated rings. The van der Waals surface area contributed by atoms with Crippen molar-refractivity contribution in [2.45, 2.75) is 43.8 Å². The van der Waals surface area contributed by atoms with E-state index in [4.69, 9.17) is 0 Å². The van der Waals surface area contributed by atoms with Crippen molar-refractivity contribution in [3.8, 4) is 0 Å². The maximum absolute atomic E-state index is 13.3. The smallest absolute Gasteiger partial charge is 0.254 e. The van der Waals surface area contributed by atoms with Crippen LogP contribution in [0.5, 0.6) is 0 Å². The first-order valence-corrected chi connectivity index (χ1v) is 14.1. The third kappa shape index (κ3) is 6.13. The van der Waals surface area contributed by atoms with E-state index in [0.29, 0.717) is 31.7 Å². The number of aryl methyl sites for hydroxylation is 2. The van der Waals surface area contributed by atoms with Crippen molar-refractivity contribution < 1.29 is 17.6 Å². The Morgan fingerprint density at radius 1 is 0.889 bits per heavy atom. The van der Waals surface area contributed by atoms with Gasteiger partial charge in [0.1, 0.15) is 5.82 Å². The van der Waals surface area contributed by atoms with Crippen LogP contribution in [0.4, 0.5) is 10.1 Å². The van der Waals surface area contributed by atoms with Crippen LogP contribution in [0.1, 0.15) is 46.8 Å². The van der Waals surface area contributed by atoms with Gasteiger partial charge in [-0.1, -0.05) is 43.7 Å². The number of halogens is 1. The van der Waals surface area contributed by atoms with Crippen LogP contribution in [-0.4, -0.2) is 45.4 Å². The van der Waals surface area contributed by atoms with E-state index in [1.54, 1.807) is 29.2 Å². The molecule has 0 bridgehead atoms. The van der Waals surface area contributed by atoms with Gasteiger partial charge in [0.15, 0.2) is 9.84 Å². The van der Waals surface area contributed by atoms with Gasteiger partial charge in [0.2, 0.25) is 0 Å². The van der Waals surface area contributed by atoms with Crippen LogP contribution in [0.25, 0.3) is 0 Å². The van der Waals surface area contributed by atoms with Gasteiger partial charge in [0.05, 0.1) is 10.6 Å². The average molecular weight is 509 g/mol. The Bertz CT molecular complexity index is 1300. The van der Waals surface area contributed by atoms with Gasteiger partial charge < -0.3 is 9.80 Å². The third-order valence-corrected chi connectivity index (χ3v) is 8.44. The normalized spacial score (nSPS) is 14.2. The van der Waals surface area contributed by atoms with E-state index in [1.165, 1.54) is 23.8 Å². The standard InChI is InChI=1S/C29H33FN2O3S/c1-3-4-5-23-7-9-24(10-8-23)21-36(34,35)27-15-6-22(2)28(20-27)29(33)32-18-16-31(17-19-32)26-13-11-25(30)12-14-26/h6-15,20H,3-5,16-19,21H2,1-2H3. The van der Waals surface area contributed by atoms with Crippen LogP contribution in [0.3, 0.4) is 0 Å². The van der Waals surface area contributed by atoms with Crippen molar-refractivity contribution in [1.29, 1.82) is 0 Å². The van der Waals surface area contributed by atoms with Gasteiger partial charge in [-0.25, -0.2) is 12.8 Å². The number of hydrogen-bond acceptors (Lipinski definition) is 4. The van der Waals surface area contributed by atoms with E-state index in [0.717, 1.165) is 36.1 Å². The fourth-order valence-corrected chi connectivity index (χ4v) is 5.87. The van der Waals surface area contributed by atoms with Gasteiger partial charge in [-0.15, -0.1) is 0 Å². The summed E-state index contributed by atoms with van der Waals surface area (Å²) in [6.45, 7) is 6.25. The van der Waals surface area contributed by atoms with Gasteiger partial charge in [-0.3, -0.25) is 4.79 Å². The second-order valence-corrected chi connectivity index (χ2v) is 11.4. The molecular weight excluding hydrogens is 475 g/mol. The van der Waals surface area contributed by atoms with Crippen molar-refractivity contribution in [2.24, 2.45) is 0 Å². The Labute approximate surface area is 213 Å². The van der Waals surface area contributed by atoms with Crippen molar-refractivity contribution in [3.63, 3.8) is 0 Å². The van der Waals surface area contributed by atoms with Crippen molar-refractivity contribution in [3.05, 3.63) is 94.8 Å². The molecule has 7 heteroatoms. The Morgan fingerprint density at radius 3 is 2.17 bits per heavy atom. The molecule has 5 nitrogen and oxygen atoms in total. The lowest BCUT2D eigenvalue weighted by Gasteiger charge is -2.36. The molecule has 0 unspecified atom stereocenters. The van der Waals surface area contributed by atoms with Gasteiger partial charge >= 0.3 is 0 Å². The molecule has 0 aromatic heterocycles. The highest BCUT2D eigenvalue weighted by atomic mass is 32.2. The van der Waals surface area contributed by atoms with Crippen LogP contribution in [-0.2, 0) is 22.0 Å². The minimum Gasteiger partial charge on any atom is -0.368 e. The first-order chi connectivity index (χ1) is 17.3. The molecule has 1 saturated heterocycles. The molecule has 0 spiro atoms. The van der Waals surface area contributed by atoms with Gasteiger partial charge in [0, 0.05) is 37.4 Å². The second kappa shape index (κ2) is 11.2. The van der Waals surface area contributed by atoms with E-state index in [2.05, 4.69) is 11.8 Å². The molecule has 36 heavy (non-hydrogen) atoms. The number of anilines is 1. The zero-order valence-corrected chi connectivity index (χ0v) is 21.7. The van der Waals surface area contributed by atoms with Crippen LogP contribution < -0.4 is 4.90 Å². The predicted molar refractivity (Wildman–Crippen MR) is 142 cm³/mol. The van der Waals surface area contributed by atoms with Crippen LogP contribution in [0, 0.1) is 12.7 Å². The molecule has 0 N–H and O–H groups in total. The maximum atomic E-state index is 13.3. The summed E-state index contributed by atoms with van der Waals surface area (Å²) in [7, 11) is -3.60. The van der Waals surface area contributed by atoms with Crippen LogP contribution >= 0.6 is 0 Å². The van der Waals surface area contributed by atoms with Crippen LogP contribution in [0.2, 0.25) is 0 Å². The molecule has 0 atom stereocenters. The summed E-state index contributed by atoms with van der Waals surface area (Å²) >= 11 is 0. The van der Waals surface area contributed by atoms with E-state index in [9.17, 15) is 17.6 Å². The number of benzene rings is 3. The zero-order chi connectivity index (χ0) is 25.7. The quantitative estimate of drug-likeness (QED) is 0.408. The molecule has 1 heterocycles. The number of piperazine rings is 1. The minimum atomic E-state index is -3.60. The molecule has 3 aromatic carbocycles. The number of nitrogens with zero attached hydrogens (tertiary/aromatic N) is 2. The number of carbonyl (C=O) groups excluding carboxylic acids is 1. The molecule has 1 aliphatic rings. The molecule has 0 radical (unpaired) electrons. The molecule has 0 saturated carbocycles. The lowest BCUT2D eigenvalue weighted by atomic mass is 10.1. The summed E-state index contributed by atoms with van der Waals surface area (Å²) in [6.07, 6.45) is 3.22. The fraction of sp³-hybridized carbons (Fsp3) is 0.345. The number of sulfone groups is 1. The van der Waals surface area contributed by atoms with E-state index in [1.807, 2.05) is 31.2 Å². The second-order valence-electron chi connectivity index (χ2n) is 9.41. The van der Waals surface area contributed by atoms with E-state index in [-0.39, 0.29) is 22.4 Å². The van der Waals surface area contributed by atoms with E-state index >= 15 is 0 Å². The summed E-state index contributed by atoms with van der Waals surface area (Å²) in [6, 6.07) is 18.9. The summed E-state index contributed by atoms with van der Waals surface area (Å²) in [4.78, 5) is 17.4. The van der Waals surface area contributed by atoms with E-state index < -0.39 is 9.84 Å². The van der Waals surface area contributed by atoms with Crippen molar-refractivity contribution in [1.82, 2.24) is 4.90 Å². The molecule has 3 aromatic rings. The summed E-state index contributed by atoms with van der Waals surface area (Å²) in [5.41, 5.74) is 4.04. The first kappa shape index (κ1) is 25.9. The molecular formula is C29H33FN2O3S.